The lowest BCUT2D eigenvalue weighted by molar-refractivity contribution is -0.131. The van der Waals surface area contributed by atoms with Crippen LogP contribution in [0.2, 0.25) is 0 Å². The van der Waals surface area contributed by atoms with E-state index in [9.17, 15) is 9.59 Å². The number of hydrogen-bond donors (Lipinski definition) is 1. The van der Waals surface area contributed by atoms with E-state index in [2.05, 4.69) is 10.5 Å². The molecule has 3 heterocycles. The predicted molar refractivity (Wildman–Crippen MR) is 111 cm³/mol. The smallest absolute Gasteiger partial charge is 0.318 e. The zero-order chi connectivity index (χ0) is 21.3. The summed E-state index contributed by atoms with van der Waals surface area (Å²) in [7, 11) is 0. The summed E-state index contributed by atoms with van der Waals surface area (Å²) < 4.78 is 11.0. The highest BCUT2D eigenvalue weighted by Gasteiger charge is 2.26. The largest absolute Gasteiger partial charge is 0.459 e. The van der Waals surface area contributed by atoms with E-state index < -0.39 is 0 Å². The van der Waals surface area contributed by atoms with Gasteiger partial charge in [0.25, 0.3) is 0 Å². The molecule has 1 unspecified atom stereocenters. The van der Waals surface area contributed by atoms with E-state index in [-0.39, 0.29) is 24.4 Å². The molecule has 1 N–H and O–H groups in total. The van der Waals surface area contributed by atoms with Gasteiger partial charge >= 0.3 is 6.03 Å². The maximum atomic E-state index is 12.7. The first-order chi connectivity index (χ1) is 14.4. The van der Waals surface area contributed by atoms with Crippen LogP contribution in [0.25, 0.3) is 11.0 Å². The number of furan rings is 1. The summed E-state index contributed by atoms with van der Waals surface area (Å²) in [5, 5.41) is 7.91. The topological polar surface area (TPSA) is 91.8 Å². The summed E-state index contributed by atoms with van der Waals surface area (Å²) in [6.45, 7) is 7.55. The molecule has 1 fully saturated rings. The number of carbonyl (C=O) groups excluding carboxylic acids is 2. The number of amides is 3. The second-order valence-corrected chi connectivity index (χ2v) is 7.71. The van der Waals surface area contributed by atoms with Crippen LogP contribution >= 0.6 is 0 Å². The van der Waals surface area contributed by atoms with E-state index >= 15 is 0 Å². The standard InChI is InChI=1S/C22H26N4O4/c1-14-18(16(3)30-24-14)13-21(27)25-8-10-26(11-9-25)22(28)23-15(2)20-12-17-6-4-5-7-19(17)29-20/h4-7,12,15H,8-11,13H2,1-3H3,(H,23,28). The fourth-order valence-electron chi connectivity index (χ4n) is 3.74. The Hall–Kier alpha value is -3.29. The summed E-state index contributed by atoms with van der Waals surface area (Å²) in [5.41, 5.74) is 2.40. The second-order valence-electron chi connectivity index (χ2n) is 7.71. The van der Waals surface area contributed by atoms with Crippen molar-refractivity contribution >= 4 is 22.9 Å². The Morgan fingerprint density at radius 2 is 1.83 bits per heavy atom. The molecular formula is C22H26N4O4. The first kappa shape index (κ1) is 20.0. The SMILES string of the molecule is Cc1noc(C)c1CC(=O)N1CCN(C(=O)NC(C)c2cc3ccccc3o2)CC1. The van der Waals surface area contributed by atoms with Gasteiger partial charge in [0.2, 0.25) is 5.91 Å². The number of hydrogen-bond acceptors (Lipinski definition) is 5. The zero-order valence-corrected chi connectivity index (χ0v) is 17.5. The minimum atomic E-state index is -0.246. The third kappa shape index (κ3) is 4.03. The molecule has 8 heteroatoms. The van der Waals surface area contributed by atoms with Gasteiger partial charge in [0.1, 0.15) is 17.1 Å². The third-order valence-electron chi connectivity index (χ3n) is 5.64. The third-order valence-corrected chi connectivity index (χ3v) is 5.64. The number of fused-ring (bicyclic) bond motifs is 1. The van der Waals surface area contributed by atoms with Crippen molar-refractivity contribution in [1.82, 2.24) is 20.3 Å². The number of nitrogens with one attached hydrogen (secondary N) is 1. The highest BCUT2D eigenvalue weighted by Crippen LogP contribution is 2.23. The molecule has 0 aliphatic carbocycles. The van der Waals surface area contributed by atoms with E-state index in [1.807, 2.05) is 51.1 Å². The molecule has 8 nitrogen and oxygen atoms in total. The van der Waals surface area contributed by atoms with Crippen LogP contribution in [0.3, 0.4) is 0 Å². The Morgan fingerprint density at radius 1 is 1.13 bits per heavy atom. The van der Waals surface area contributed by atoms with Crippen LogP contribution < -0.4 is 5.32 Å². The van der Waals surface area contributed by atoms with Crippen LogP contribution in [0.5, 0.6) is 0 Å². The van der Waals surface area contributed by atoms with Gasteiger partial charge in [-0.2, -0.15) is 0 Å². The lowest BCUT2D eigenvalue weighted by atomic mass is 10.1. The molecular weight excluding hydrogens is 384 g/mol. The lowest BCUT2D eigenvalue weighted by Crippen LogP contribution is -2.53. The summed E-state index contributed by atoms with van der Waals surface area (Å²) in [4.78, 5) is 28.8. The molecule has 0 radical (unpaired) electrons. The van der Waals surface area contributed by atoms with Gasteiger partial charge in [0.15, 0.2) is 0 Å². The van der Waals surface area contributed by atoms with Gasteiger partial charge in [-0.25, -0.2) is 4.79 Å². The number of aryl methyl sites for hydroxylation is 2. The number of benzene rings is 1. The first-order valence-corrected chi connectivity index (χ1v) is 10.2. The molecule has 0 bridgehead atoms. The first-order valence-electron chi connectivity index (χ1n) is 10.2. The predicted octanol–water partition coefficient (Wildman–Crippen LogP) is 3.20. The monoisotopic (exact) mass is 410 g/mol. The van der Waals surface area contributed by atoms with Gasteiger partial charge in [-0.1, -0.05) is 23.4 Å². The molecule has 1 saturated heterocycles. The van der Waals surface area contributed by atoms with Crippen molar-refractivity contribution in [2.45, 2.75) is 33.2 Å². The molecule has 1 aliphatic rings. The van der Waals surface area contributed by atoms with Gasteiger partial charge in [0, 0.05) is 37.1 Å². The Balaban J connectivity index is 1.30. The maximum Gasteiger partial charge on any atom is 0.318 e. The maximum absolute atomic E-state index is 12.7. The van der Waals surface area contributed by atoms with Gasteiger partial charge in [-0.15, -0.1) is 0 Å². The molecule has 1 aromatic carbocycles. The molecule has 1 aliphatic heterocycles. The van der Waals surface area contributed by atoms with Crippen LogP contribution in [-0.2, 0) is 11.2 Å². The van der Waals surface area contributed by atoms with Crippen LogP contribution in [0.15, 0.2) is 39.3 Å². The summed E-state index contributed by atoms with van der Waals surface area (Å²) in [5.74, 6) is 1.43. The average molecular weight is 410 g/mol. The molecule has 0 saturated carbocycles. The normalized spacial score (nSPS) is 15.4. The highest BCUT2D eigenvalue weighted by molar-refractivity contribution is 5.80. The average Bonchev–Trinajstić information content (AvgIpc) is 3.32. The van der Waals surface area contributed by atoms with Gasteiger partial charge < -0.3 is 24.1 Å². The van der Waals surface area contributed by atoms with E-state index in [0.29, 0.717) is 31.9 Å². The molecule has 0 spiro atoms. The van der Waals surface area contributed by atoms with E-state index in [4.69, 9.17) is 8.94 Å². The van der Waals surface area contributed by atoms with E-state index in [1.54, 1.807) is 9.80 Å². The van der Waals surface area contributed by atoms with Crippen LogP contribution in [0, 0.1) is 13.8 Å². The quantitative estimate of drug-likeness (QED) is 0.713. The Bertz CT molecular complexity index is 1010. The summed E-state index contributed by atoms with van der Waals surface area (Å²) >= 11 is 0. The molecule has 2 aromatic heterocycles. The minimum absolute atomic E-state index is 0.0279. The van der Waals surface area contributed by atoms with Crippen LogP contribution in [0.4, 0.5) is 4.79 Å². The van der Waals surface area contributed by atoms with Crippen LogP contribution in [0.1, 0.15) is 35.7 Å². The van der Waals surface area contributed by atoms with Crippen molar-refractivity contribution in [2.75, 3.05) is 26.2 Å². The van der Waals surface area contributed by atoms with Crippen molar-refractivity contribution in [3.8, 4) is 0 Å². The number of urea groups is 1. The van der Waals surface area contributed by atoms with Crippen LogP contribution in [-0.4, -0.2) is 53.1 Å². The molecule has 1 atom stereocenters. The van der Waals surface area contributed by atoms with Crippen molar-refractivity contribution in [3.63, 3.8) is 0 Å². The number of piperazine rings is 1. The second kappa shape index (κ2) is 8.22. The molecule has 3 aromatic rings. The van der Waals surface area contributed by atoms with E-state index in [1.165, 1.54) is 0 Å². The van der Waals surface area contributed by atoms with Crippen molar-refractivity contribution in [1.29, 1.82) is 0 Å². The number of para-hydroxylation sites is 1. The van der Waals surface area contributed by atoms with Gasteiger partial charge in [0.05, 0.1) is 18.2 Å². The van der Waals surface area contributed by atoms with Gasteiger partial charge in [-0.3, -0.25) is 4.79 Å². The van der Waals surface area contributed by atoms with E-state index in [0.717, 1.165) is 28.0 Å². The Kier molecular flexibility index (Phi) is 5.48. The molecule has 4 rings (SSSR count). The lowest BCUT2D eigenvalue weighted by Gasteiger charge is -2.35. The Labute approximate surface area is 174 Å². The summed E-state index contributed by atoms with van der Waals surface area (Å²) in [6.07, 6.45) is 0.274. The number of rotatable bonds is 4. The zero-order valence-electron chi connectivity index (χ0n) is 17.5. The summed E-state index contributed by atoms with van der Waals surface area (Å²) in [6, 6.07) is 9.32. The molecule has 30 heavy (non-hydrogen) atoms. The van der Waals surface area contributed by atoms with Crippen molar-refractivity contribution < 1.29 is 18.5 Å². The minimum Gasteiger partial charge on any atom is -0.459 e. The fourth-order valence-corrected chi connectivity index (χ4v) is 3.74. The highest BCUT2D eigenvalue weighted by atomic mass is 16.5. The number of carbonyl (C=O) groups is 2. The number of aromatic nitrogens is 1. The van der Waals surface area contributed by atoms with Gasteiger partial charge in [-0.05, 0) is 32.9 Å². The van der Waals surface area contributed by atoms with Crippen molar-refractivity contribution in [2.24, 2.45) is 0 Å². The molecule has 158 valence electrons. The van der Waals surface area contributed by atoms with Crippen molar-refractivity contribution in [3.05, 3.63) is 53.1 Å². The molecule has 3 amide bonds. The number of nitrogens with zero attached hydrogens (tertiary/aromatic N) is 3. The fraction of sp³-hybridized carbons (Fsp3) is 0.409. The Morgan fingerprint density at radius 3 is 2.50 bits per heavy atom.